The first kappa shape index (κ1) is 14.2. The summed E-state index contributed by atoms with van der Waals surface area (Å²) in [6.45, 7) is -0.946. The van der Waals surface area contributed by atoms with Crippen LogP contribution in [0.3, 0.4) is 0 Å². The van der Waals surface area contributed by atoms with Crippen LogP contribution in [-0.2, 0) is 9.63 Å². The maximum atomic E-state index is 10.4. The first-order valence-electron chi connectivity index (χ1n) is 3.80. The number of carbonyl (C=O) groups is 1. The Hall–Kier alpha value is -0.810. The monoisotopic (exact) mass is 227 g/mol. The van der Waals surface area contributed by atoms with E-state index in [0.29, 0.717) is 0 Å². The zero-order chi connectivity index (χ0) is 12.2. The van der Waals surface area contributed by atoms with Crippen molar-refractivity contribution >= 4 is 5.97 Å². The molecule has 0 saturated carbocycles. The SMILES string of the molecule is NO[C@@](O)(C(=O)O)[C@@H](O)[C@H](O)[C@H](O)CO. The van der Waals surface area contributed by atoms with E-state index in [1.807, 2.05) is 0 Å². The van der Waals surface area contributed by atoms with Gasteiger partial charge in [0.05, 0.1) is 6.61 Å². The molecule has 0 bridgehead atoms. The van der Waals surface area contributed by atoms with E-state index in [2.05, 4.69) is 10.7 Å². The van der Waals surface area contributed by atoms with Crippen LogP contribution >= 0.6 is 0 Å². The number of aliphatic carboxylic acids is 1. The first-order valence-corrected chi connectivity index (χ1v) is 3.80. The highest BCUT2D eigenvalue weighted by molar-refractivity contribution is 5.76. The molecule has 4 atom stereocenters. The predicted molar refractivity (Wildman–Crippen MR) is 43.0 cm³/mol. The lowest BCUT2D eigenvalue weighted by Crippen LogP contribution is -2.60. The zero-order valence-corrected chi connectivity index (χ0v) is 7.52. The Labute approximate surface area is 83.9 Å². The molecule has 0 saturated heterocycles. The van der Waals surface area contributed by atoms with Crippen molar-refractivity contribution in [2.24, 2.45) is 5.90 Å². The van der Waals surface area contributed by atoms with E-state index in [1.54, 1.807) is 0 Å². The minimum atomic E-state index is -3.27. The first-order chi connectivity index (χ1) is 6.81. The summed E-state index contributed by atoms with van der Waals surface area (Å²) in [6.07, 6.45) is -6.41. The lowest BCUT2D eigenvalue weighted by atomic mass is 10.0. The van der Waals surface area contributed by atoms with Crippen LogP contribution in [0, 0.1) is 0 Å². The molecule has 9 heteroatoms. The Balaban J connectivity index is 4.79. The summed E-state index contributed by atoms with van der Waals surface area (Å²) < 4.78 is 0. The standard InChI is InChI=1S/C6H13NO8/c7-15-6(14,5(12)13)4(11)3(10)2(9)1-8/h2-4,8-11,14H,1,7H2,(H,12,13)/t2-,3-,4+,6-/m1/s1. The number of hydrogen-bond acceptors (Lipinski definition) is 8. The van der Waals surface area contributed by atoms with Gasteiger partial charge in [0, 0.05) is 0 Å². The topological polar surface area (TPSA) is 174 Å². The van der Waals surface area contributed by atoms with Crippen LogP contribution < -0.4 is 5.90 Å². The van der Waals surface area contributed by atoms with Crippen molar-refractivity contribution in [2.75, 3.05) is 6.61 Å². The van der Waals surface area contributed by atoms with Crippen LogP contribution in [0.1, 0.15) is 0 Å². The molecular weight excluding hydrogens is 214 g/mol. The van der Waals surface area contributed by atoms with Gasteiger partial charge in [0.1, 0.15) is 18.3 Å². The van der Waals surface area contributed by atoms with Crippen molar-refractivity contribution in [2.45, 2.75) is 24.1 Å². The summed E-state index contributed by atoms with van der Waals surface area (Å²) in [7, 11) is 0. The van der Waals surface area contributed by atoms with E-state index >= 15 is 0 Å². The summed E-state index contributed by atoms with van der Waals surface area (Å²) in [5.41, 5.74) is 0. The largest absolute Gasteiger partial charge is 0.477 e. The minimum absolute atomic E-state index is 0.946. The highest BCUT2D eigenvalue weighted by atomic mass is 16.7. The van der Waals surface area contributed by atoms with Gasteiger partial charge in [-0.3, -0.25) is 4.84 Å². The van der Waals surface area contributed by atoms with E-state index in [1.165, 1.54) is 0 Å². The van der Waals surface area contributed by atoms with Crippen molar-refractivity contribution in [3.63, 3.8) is 0 Å². The van der Waals surface area contributed by atoms with Gasteiger partial charge >= 0.3 is 11.8 Å². The second-order valence-corrected chi connectivity index (χ2v) is 2.80. The molecule has 9 nitrogen and oxygen atoms in total. The highest BCUT2D eigenvalue weighted by Crippen LogP contribution is 2.16. The number of carboxylic acid groups (broad SMARTS) is 1. The zero-order valence-electron chi connectivity index (χ0n) is 7.52. The van der Waals surface area contributed by atoms with Crippen LogP contribution in [-0.4, -0.2) is 67.3 Å². The molecule has 0 aliphatic heterocycles. The average Bonchev–Trinajstić information content (AvgIpc) is 2.24. The molecule has 15 heavy (non-hydrogen) atoms. The lowest BCUT2D eigenvalue weighted by molar-refractivity contribution is -0.280. The third kappa shape index (κ3) is 2.82. The lowest BCUT2D eigenvalue weighted by Gasteiger charge is -2.30. The van der Waals surface area contributed by atoms with Gasteiger partial charge in [-0.15, -0.1) is 0 Å². The van der Waals surface area contributed by atoms with Crippen molar-refractivity contribution in [1.82, 2.24) is 0 Å². The average molecular weight is 227 g/mol. The second-order valence-electron chi connectivity index (χ2n) is 2.80. The van der Waals surface area contributed by atoms with E-state index in [0.717, 1.165) is 0 Å². The van der Waals surface area contributed by atoms with Gasteiger partial charge in [-0.1, -0.05) is 0 Å². The van der Waals surface area contributed by atoms with Gasteiger partial charge in [-0.05, 0) is 0 Å². The van der Waals surface area contributed by atoms with Crippen LogP contribution in [0.25, 0.3) is 0 Å². The van der Waals surface area contributed by atoms with Crippen LogP contribution in [0.4, 0.5) is 0 Å². The normalized spacial score (nSPS) is 21.5. The predicted octanol–water partition coefficient (Wildman–Crippen LogP) is -4.28. The molecule has 8 N–H and O–H groups in total. The van der Waals surface area contributed by atoms with Crippen molar-refractivity contribution < 1.29 is 40.3 Å². The molecule has 0 heterocycles. The smallest absolute Gasteiger partial charge is 0.368 e. The number of aliphatic hydroxyl groups is 5. The molecule has 0 aliphatic carbocycles. The molecule has 0 fully saturated rings. The number of hydrogen-bond donors (Lipinski definition) is 7. The third-order valence-electron chi connectivity index (χ3n) is 1.79. The Morgan fingerprint density at radius 1 is 1.40 bits per heavy atom. The molecule has 0 aliphatic rings. The van der Waals surface area contributed by atoms with Crippen LogP contribution in [0.15, 0.2) is 0 Å². The fourth-order valence-corrected chi connectivity index (χ4v) is 0.797. The van der Waals surface area contributed by atoms with E-state index in [4.69, 9.17) is 30.6 Å². The second kappa shape index (κ2) is 5.32. The Morgan fingerprint density at radius 2 is 1.87 bits per heavy atom. The van der Waals surface area contributed by atoms with Gasteiger partial charge in [0.15, 0.2) is 0 Å². The Kier molecular flexibility index (Phi) is 5.03. The van der Waals surface area contributed by atoms with Crippen molar-refractivity contribution in [1.29, 1.82) is 0 Å². The maximum Gasteiger partial charge on any atom is 0.368 e. The fraction of sp³-hybridized carbons (Fsp3) is 0.833. The van der Waals surface area contributed by atoms with Crippen molar-refractivity contribution in [3.05, 3.63) is 0 Å². The number of aliphatic hydroxyl groups excluding tert-OH is 4. The maximum absolute atomic E-state index is 10.4. The number of rotatable bonds is 6. The van der Waals surface area contributed by atoms with Crippen molar-refractivity contribution in [3.8, 4) is 0 Å². The quantitative estimate of drug-likeness (QED) is 0.175. The van der Waals surface area contributed by atoms with Gasteiger partial charge in [0.2, 0.25) is 0 Å². The van der Waals surface area contributed by atoms with Crippen LogP contribution in [0.5, 0.6) is 0 Å². The summed E-state index contributed by atoms with van der Waals surface area (Å²) in [5, 5.41) is 53.1. The number of carboxylic acids is 1. The van der Waals surface area contributed by atoms with E-state index in [9.17, 15) is 4.79 Å². The molecule has 0 aromatic rings. The summed E-state index contributed by atoms with van der Waals surface area (Å²) in [6, 6.07) is 0. The van der Waals surface area contributed by atoms with E-state index in [-0.39, 0.29) is 0 Å². The van der Waals surface area contributed by atoms with Gasteiger partial charge in [-0.2, -0.15) is 0 Å². The summed E-state index contributed by atoms with van der Waals surface area (Å²) >= 11 is 0. The van der Waals surface area contributed by atoms with E-state index < -0.39 is 36.7 Å². The highest BCUT2D eigenvalue weighted by Gasteiger charge is 2.50. The van der Waals surface area contributed by atoms with Crippen LogP contribution in [0.2, 0.25) is 0 Å². The Morgan fingerprint density at radius 3 is 2.13 bits per heavy atom. The fourth-order valence-electron chi connectivity index (χ4n) is 0.797. The minimum Gasteiger partial charge on any atom is -0.477 e. The Bertz CT molecular complexity index is 223. The van der Waals surface area contributed by atoms with Gasteiger partial charge in [0.25, 0.3) is 0 Å². The summed E-state index contributed by atoms with van der Waals surface area (Å²) in [5.74, 6) is -0.880. The molecule has 0 aromatic heterocycles. The third-order valence-corrected chi connectivity index (χ3v) is 1.79. The molecule has 0 unspecified atom stereocenters. The molecule has 0 rings (SSSR count). The molecule has 0 amide bonds. The molecule has 0 aromatic carbocycles. The number of nitrogens with two attached hydrogens (primary N) is 1. The molecular formula is C6H13NO8. The summed E-state index contributed by atoms with van der Waals surface area (Å²) in [4.78, 5) is 14.1. The molecule has 0 spiro atoms. The van der Waals surface area contributed by atoms with Gasteiger partial charge < -0.3 is 30.6 Å². The van der Waals surface area contributed by atoms with Gasteiger partial charge in [-0.25, -0.2) is 10.7 Å². The molecule has 0 radical (unpaired) electrons. The molecule has 90 valence electrons.